The van der Waals surface area contributed by atoms with Crippen molar-refractivity contribution in [3.63, 3.8) is 0 Å². The van der Waals surface area contributed by atoms with Crippen LogP contribution in [-0.2, 0) is 4.79 Å². The average Bonchev–Trinajstić information content (AvgIpc) is 2.98. The summed E-state index contributed by atoms with van der Waals surface area (Å²) in [6.07, 6.45) is 0.519. The molecular formula is C20H17NOS. The standard InChI is InChI=1S/C20H17NOS/c1-13-6-5-9-15(10-13)16-11-18(22)21-19-17(12-23-20(16)19)14-7-3-2-4-8-14/h2-10,12,16H,11H2,1H3,(H,21,22)/t16-/m1/s1. The van der Waals surface area contributed by atoms with Crippen LogP contribution in [0.4, 0.5) is 5.69 Å². The summed E-state index contributed by atoms with van der Waals surface area (Å²) in [6, 6.07) is 18.7. The summed E-state index contributed by atoms with van der Waals surface area (Å²) in [5.74, 6) is 0.251. The lowest BCUT2D eigenvalue weighted by atomic mass is 9.88. The molecule has 0 spiro atoms. The smallest absolute Gasteiger partial charge is 0.225 e. The third kappa shape index (κ3) is 2.57. The Balaban J connectivity index is 1.83. The number of rotatable bonds is 2. The van der Waals surface area contributed by atoms with E-state index < -0.39 is 0 Å². The summed E-state index contributed by atoms with van der Waals surface area (Å²) in [7, 11) is 0. The Morgan fingerprint density at radius 3 is 2.70 bits per heavy atom. The van der Waals surface area contributed by atoms with E-state index in [-0.39, 0.29) is 11.8 Å². The molecule has 1 atom stereocenters. The number of hydrogen-bond acceptors (Lipinski definition) is 2. The van der Waals surface area contributed by atoms with Crippen molar-refractivity contribution in [3.8, 4) is 11.1 Å². The van der Waals surface area contributed by atoms with Gasteiger partial charge in [0.05, 0.1) is 5.69 Å². The second-order valence-electron chi connectivity index (χ2n) is 5.97. The molecule has 1 N–H and O–H groups in total. The van der Waals surface area contributed by atoms with E-state index in [4.69, 9.17) is 0 Å². The topological polar surface area (TPSA) is 29.1 Å². The minimum Gasteiger partial charge on any atom is -0.325 e. The van der Waals surface area contributed by atoms with Crippen LogP contribution in [-0.4, -0.2) is 5.91 Å². The lowest BCUT2D eigenvalue weighted by molar-refractivity contribution is -0.116. The summed E-state index contributed by atoms with van der Waals surface area (Å²) < 4.78 is 0. The molecule has 1 aliphatic rings. The Morgan fingerprint density at radius 2 is 1.91 bits per heavy atom. The molecule has 3 heteroatoms. The fraction of sp³-hybridized carbons (Fsp3) is 0.150. The molecule has 0 unspecified atom stereocenters. The zero-order chi connectivity index (χ0) is 15.8. The van der Waals surface area contributed by atoms with Crippen molar-refractivity contribution in [2.75, 3.05) is 5.32 Å². The van der Waals surface area contributed by atoms with Crippen LogP contribution in [0.3, 0.4) is 0 Å². The van der Waals surface area contributed by atoms with E-state index in [1.165, 1.54) is 16.0 Å². The van der Waals surface area contributed by atoms with Gasteiger partial charge in [-0.15, -0.1) is 11.3 Å². The lowest BCUT2D eigenvalue weighted by Crippen LogP contribution is -2.22. The van der Waals surface area contributed by atoms with E-state index in [1.807, 2.05) is 18.2 Å². The molecule has 1 aromatic heterocycles. The maximum atomic E-state index is 12.3. The molecular weight excluding hydrogens is 302 g/mol. The molecule has 0 bridgehead atoms. The lowest BCUT2D eigenvalue weighted by Gasteiger charge is -2.24. The molecule has 4 rings (SSSR count). The number of carbonyl (C=O) groups is 1. The minimum atomic E-state index is 0.0968. The van der Waals surface area contributed by atoms with Crippen LogP contribution in [0.2, 0.25) is 0 Å². The van der Waals surface area contributed by atoms with Crippen LogP contribution in [0.1, 0.15) is 28.3 Å². The molecule has 0 radical (unpaired) electrons. The predicted molar refractivity (Wildman–Crippen MR) is 96.0 cm³/mol. The second kappa shape index (κ2) is 5.67. The zero-order valence-corrected chi connectivity index (χ0v) is 13.7. The number of aryl methyl sites for hydroxylation is 1. The third-order valence-corrected chi connectivity index (χ3v) is 5.42. The van der Waals surface area contributed by atoms with Gasteiger partial charge >= 0.3 is 0 Å². The quantitative estimate of drug-likeness (QED) is 0.691. The molecule has 1 amide bonds. The van der Waals surface area contributed by atoms with E-state index in [0.717, 1.165) is 16.8 Å². The second-order valence-corrected chi connectivity index (χ2v) is 6.88. The van der Waals surface area contributed by atoms with Crippen molar-refractivity contribution < 1.29 is 4.79 Å². The Kier molecular flexibility index (Phi) is 3.50. The van der Waals surface area contributed by atoms with Crippen LogP contribution in [0.25, 0.3) is 11.1 Å². The number of anilines is 1. The first-order valence-electron chi connectivity index (χ1n) is 7.75. The van der Waals surface area contributed by atoms with Crippen molar-refractivity contribution in [1.82, 2.24) is 0 Å². The van der Waals surface area contributed by atoms with Gasteiger partial charge in [0.1, 0.15) is 0 Å². The Hall–Kier alpha value is -2.39. The van der Waals surface area contributed by atoms with Gasteiger partial charge in [-0.2, -0.15) is 0 Å². The van der Waals surface area contributed by atoms with E-state index in [2.05, 4.69) is 54.0 Å². The van der Waals surface area contributed by atoms with Crippen LogP contribution in [0, 0.1) is 6.92 Å². The van der Waals surface area contributed by atoms with Crippen molar-refractivity contribution in [3.05, 3.63) is 76.0 Å². The number of hydrogen-bond donors (Lipinski definition) is 1. The normalized spacial score (nSPS) is 16.7. The predicted octanol–water partition coefficient (Wildman–Crippen LogP) is 5.20. The molecule has 2 heterocycles. The minimum absolute atomic E-state index is 0.0968. The highest BCUT2D eigenvalue weighted by molar-refractivity contribution is 7.11. The highest BCUT2D eigenvalue weighted by Gasteiger charge is 2.30. The SMILES string of the molecule is Cc1cccc([C@H]2CC(=O)Nc3c(-c4ccccc4)csc32)c1. The largest absolute Gasteiger partial charge is 0.325 e. The number of thiophene rings is 1. The summed E-state index contributed by atoms with van der Waals surface area (Å²) in [5, 5.41) is 5.25. The number of carbonyl (C=O) groups excluding carboxylic acids is 1. The number of nitrogens with one attached hydrogen (secondary N) is 1. The zero-order valence-electron chi connectivity index (χ0n) is 12.9. The monoisotopic (exact) mass is 319 g/mol. The average molecular weight is 319 g/mol. The van der Waals surface area contributed by atoms with Gasteiger partial charge in [0.15, 0.2) is 0 Å². The van der Waals surface area contributed by atoms with E-state index >= 15 is 0 Å². The van der Waals surface area contributed by atoms with Crippen molar-refractivity contribution in [2.45, 2.75) is 19.3 Å². The molecule has 2 aromatic carbocycles. The molecule has 2 nitrogen and oxygen atoms in total. The molecule has 0 fully saturated rings. The molecule has 0 aliphatic carbocycles. The maximum absolute atomic E-state index is 12.3. The Bertz CT molecular complexity index is 866. The van der Waals surface area contributed by atoms with Gasteiger partial charge in [0, 0.05) is 28.2 Å². The van der Waals surface area contributed by atoms with E-state index in [1.54, 1.807) is 11.3 Å². The highest BCUT2D eigenvalue weighted by Crippen LogP contribution is 2.46. The summed E-state index contributed by atoms with van der Waals surface area (Å²) in [4.78, 5) is 13.5. The first-order chi connectivity index (χ1) is 11.2. The molecule has 1 aliphatic heterocycles. The Labute approximate surface area is 139 Å². The van der Waals surface area contributed by atoms with Crippen LogP contribution in [0.5, 0.6) is 0 Å². The van der Waals surface area contributed by atoms with Crippen molar-refractivity contribution >= 4 is 22.9 Å². The van der Waals surface area contributed by atoms with Crippen LogP contribution >= 0.6 is 11.3 Å². The van der Waals surface area contributed by atoms with Gasteiger partial charge < -0.3 is 5.32 Å². The van der Waals surface area contributed by atoms with Gasteiger partial charge in [-0.25, -0.2) is 0 Å². The number of fused-ring (bicyclic) bond motifs is 1. The number of benzene rings is 2. The summed E-state index contributed by atoms with van der Waals surface area (Å²) in [6.45, 7) is 2.09. The van der Waals surface area contributed by atoms with Gasteiger partial charge in [0.25, 0.3) is 0 Å². The van der Waals surface area contributed by atoms with Gasteiger partial charge in [-0.1, -0.05) is 60.2 Å². The van der Waals surface area contributed by atoms with Gasteiger partial charge in [-0.05, 0) is 18.1 Å². The molecule has 0 saturated heterocycles. The molecule has 114 valence electrons. The number of amides is 1. The maximum Gasteiger partial charge on any atom is 0.225 e. The first-order valence-corrected chi connectivity index (χ1v) is 8.63. The molecule has 23 heavy (non-hydrogen) atoms. The van der Waals surface area contributed by atoms with Crippen molar-refractivity contribution in [1.29, 1.82) is 0 Å². The Morgan fingerprint density at radius 1 is 1.09 bits per heavy atom. The molecule has 3 aromatic rings. The van der Waals surface area contributed by atoms with Gasteiger partial charge in [-0.3, -0.25) is 4.79 Å². The third-order valence-electron chi connectivity index (χ3n) is 4.32. The van der Waals surface area contributed by atoms with Crippen LogP contribution in [0.15, 0.2) is 60.0 Å². The van der Waals surface area contributed by atoms with Crippen LogP contribution < -0.4 is 5.32 Å². The van der Waals surface area contributed by atoms with Gasteiger partial charge in [0.2, 0.25) is 5.91 Å². The highest BCUT2D eigenvalue weighted by atomic mass is 32.1. The summed E-state index contributed by atoms with van der Waals surface area (Å²) >= 11 is 1.74. The molecule has 0 saturated carbocycles. The van der Waals surface area contributed by atoms with Crippen molar-refractivity contribution in [2.24, 2.45) is 0 Å². The van der Waals surface area contributed by atoms with E-state index in [0.29, 0.717) is 6.42 Å². The van der Waals surface area contributed by atoms with E-state index in [9.17, 15) is 4.79 Å². The fourth-order valence-electron chi connectivity index (χ4n) is 3.21. The summed E-state index contributed by atoms with van der Waals surface area (Å²) in [5.41, 5.74) is 5.72. The first kappa shape index (κ1) is 14.2. The fourth-order valence-corrected chi connectivity index (χ4v) is 4.37.